The number of ether oxygens (including phenoxy) is 1. The molecule has 0 amide bonds. The zero-order valence-electron chi connectivity index (χ0n) is 9.00. The van der Waals surface area contributed by atoms with Gasteiger partial charge < -0.3 is 20.1 Å². The van der Waals surface area contributed by atoms with E-state index in [0.717, 1.165) is 0 Å². The summed E-state index contributed by atoms with van der Waals surface area (Å²) in [6.45, 7) is 0.822. The summed E-state index contributed by atoms with van der Waals surface area (Å²) in [7, 11) is 0. The first kappa shape index (κ1) is 12.9. The second-order valence-corrected chi connectivity index (χ2v) is 4.11. The summed E-state index contributed by atoms with van der Waals surface area (Å²) in [4.78, 5) is 22.3. The van der Waals surface area contributed by atoms with Gasteiger partial charge in [-0.1, -0.05) is 6.92 Å². The van der Waals surface area contributed by atoms with Crippen LogP contribution in [0.5, 0.6) is 0 Å². The first-order chi connectivity index (χ1) is 7.51. The molecule has 6 heteroatoms. The van der Waals surface area contributed by atoms with E-state index < -0.39 is 43.1 Å². The Morgan fingerprint density at radius 3 is 2.31 bits per heavy atom. The molecule has 16 heavy (non-hydrogen) atoms. The van der Waals surface area contributed by atoms with Gasteiger partial charge in [0, 0.05) is 0 Å². The van der Waals surface area contributed by atoms with E-state index in [2.05, 4.69) is 0 Å². The Morgan fingerprint density at radius 1 is 1.38 bits per heavy atom. The van der Waals surface area contributed by atoms with Gasteiger partial charge in [0.15, 0.2) is 0 Å². The van der Waals surface area contributed by atoms with E-state index in [4.69, 9.17) is 20.1 Å². The van der Waals surface area contributed by atoms with E-state index in [1.165, 1.54) is 0 Å². The summed E-state index contributed by atoms with van der Waals surface area (Å²) < 4.78 is 4.78. The Kier molecular flexibility index (Phi) is 4.26. The van der Waals surface area contributed by atoms with Gasteiger partial charge in [-0.05, 0) is 12.3 Å². The van der Waals surface area contributed by atoms with E-state index in [0.29, 0.717) is 6.42 Å². The monoisotopic (exact) mass is 232 g/mol. The Morgan fingerprint density at radius 2 is 1.94 bits per heavy atom. The molecule has 0 aromatic carbocycles. The van der Waals surface area contributed by atoms with Crippen molar-refractivity contribution in [1.82, 2.24) is 0 Å². The lowest BCUT2D eigenvalue weighted by molar-refractivity contribution is -0.175. The molecule has 0 heterocycles. The largest absolute Gasteiger partial charge is 0.481 e. The number of rotatable bonds is 5. The lowest BCUT2D eigenvalue weighted by Gasteiger charge is -2.38. The lowest BCUT2D eigenvalue weighted by Crippen LogP contribution is -2.46. The SMILES string of the molecule is CC1CC(C(=O)OC(CO)CO)C1C(=O)O. The van der Waals surface area contributed by atoms with Crippen LogP contribution < -0.4 is 0 Å². The quantitative estimate of drug-likeness (QED) is 0.538. The average molecular weight is 232 g/mol. The highest BCUT2D eigenvalue weighted by Crippen LogP contribution is 2.41. The third-order valence-electron chi connectivity index (χ3n) is 2.95. The maximum absolute atomic E-state index is 11.5. The van der Waals surface area contributed by atoms with Crippen LogP contribution in [0.2, 0.25) is 0 Å². The molecule has 0 spiro atoms. The van der Waals surface area contributed by atoms with Crippen molar-refractivity contribution in [1.29, 1.82) is 0 Å². The molecular formula is C10H16O6. The molecule has 0 bridgehead atoms. The molecule has 0 saturated heterocycles. The van der Waals surface area contributed by atoms with Crippen LogP contribution >= 0.6 is 0 Å². The van der Waals surface area contributed by atoms with Crippen molar-refractivity contribution in [2.45, 2.75) is 19.4 Å². The van der Waals surface area contributed by atoms with Crippen molar-refractivity contribution in [3.05, 3.63) is 0 Å². The van der Waals surface area contributed by atoms with Crippen LogP contribution in [0.3, 0.4) is 0 Å². The smallest absolute Gasteiger partial charge is 0.310 e. The summed E-state index contributed by atoms with van der Waals surface area (Å²) in [5, 5.41) is 26.3. The van der Waals surface area contributed by atoms with Gasteiger partial charge in [-0.3, -0.25) is 9.59 Å². The van der Waals surface area contributed by atoms with Gasteiger partial charge >= 0.3 is 11.9 Å². The summed E-state index contributed by atoms with van der Waals surface area (Å²) >= 11 is 0. The highest BCUT2D eigenvalue weighted by Gasteiger charge is 2.48. The molecule has 1 fully saturated rings. The number of carboxylic acids is 1. The number of esters is 1. The zero-order valence-corrected chi connectivity index (χ0v) is 9.00. The molecule has 0 aromatic rings. The molecule has 0 radical (unpaired) electrons. The van der Waals surface area contributed by atoms with Crippen LogP contribution in [-0.4, -0.2) is 46.6 Å². The summed E-state index contributed by atoms with van der Waals surface area (Å²) in [6.07, 6.45) is -0.489. The maximum atomic E-state index is 11.5. The van der Waals surface area contributed by atoms with Gasteiger partial charge in [0.2, 0.25) is 0 Å². The lowest BCUT2D eigenvalue weighted by atomic mass is 9.65. The van der Waals surface area contributed by atoms with Crippen LogP contribution in [0.1, 0.15) is 13.3 Å². The molecular weight excluding hydrogens is 216 g/mol. The standard InChI is InChI=1S/C10H16O6/c1-5-2-7(8(5)9(13)14)10(15)16-6(3-11)4-12/h5-8,11-12H,2-4H2,1H3,(H,13,14). The average Bonchev–Trinajstić information content (AvgIpc) is 2.20. The van der Waals surface area contributed by atoms with Crippen LogP contribution in [0, 0.1) is 17.8 Å². The van der Waals surface area contributed by atoms with E-state index >= 15 is 0 Å². The summed E-state index contributed by atoms with van der Waals surface area (Å²) in [5.41, 5.74) is 0. The van der Waals surface area contributed by atoms with Crippen LogP contribution in [0.25, 0.3) is 0 Å². The fraction of sp³-hybridized carbons (Fsp3) is 0.800. The van der Waals surface area contributed by atoms with Gasteiger partial charge in [-0.2, -0.15) is 0 Å². The third-order valence-corrected chi connectivity index (χ3v) is 2.95. The van der Waals surface area contributed by atoms with Gasteiger partial charge in [0.05, 0.1) is 25.0 Å². The fourth-order valence-corrected chi connectivity index (χ4v) is 1.94. The Bertz CT molecular complexity index is 272. The number of aliphatic hydroxyl groups excluding tert-OH is 2. The summed E-state index contributed by atoms with van der Waals surface area (Å²) in [5.74, 6) is -3.08. The minimum atomic E-state index is -1.01. The van der Waals surface area contributed by atoms with Gasteiger partial charge in [0.25, 0.3) is 0 Å². The molecule has 1 rings (SSSR count). The van der Waals surface area contributed by atoms with Crippen molar-refractivity contribution in [3.8, 4) is 0 Å². The van der Waals surface area contributed by atoms with Crippen LogP contribution in [0.15, 0.2) is 0 Å². The first-order valence-electron chi connectivity index (χ1n) is 5.16. The van der Waals surface area contributed by atoms with E-state index in [1.807, 2.05) is 0 Å². The fourth-order valence-electron chi connectivity index (χ4n) is 1.94. The van der Waals surface area contributed by atoms with Crippen LogP contribution in [0.4, 0.5) is 0 Å². The van der Waals surface area contributed by atoms with Crippen molar-refractivity contribution in [3.63, 3.8) is 0 Å². The third kappa shape index (κ3) is 2.51. The number of hydrogen-bond donors (Lipinski definition) is 3. The number of aliphatic carboxylic acids is 1. The number of carboxylic acid groups (broad SMARTS) is 1. The van der Waals surface area contributed by atoms with Crippen LogP contribution in [-0.2, 0) is 14.3 Å². The molecule has 1 aliphatic carbocycles. The van der Waals surface area contributed by atoms with Crippen molar-refractivity contribution in [2.24, 2.45) is 17.8 Å². The Hall–Kier alpha value is -1.14. The normalized spacial score (nSPS) is 28.6. The minimum Gasteiger partial charge on any atom is -0.481 e. The molecule has 3 unspecified atom stereocenters. The first-order valence-corrected chi connectivity index (χ1v) is 5.16. The topological polar surface area (TPSA) is 104 Å². The zero-order chi connectivity index (χ0) is 12.3. The van der Waals surface area contributed by atoms with Crippen molar-refractivity contribution >= 4 is 11.9 Å². The molecule has 1 aliphatic rings. The minimum absolute atomic E-state index is 0.0447. The molecule has 0 aliphatic heterocycles. The van der Waals surface area contributed by atoms with E-state index in [9.17, 15) is 9.59 Å². The molecule has 6 nitrogen and oxygen atoms in total. The van der Waals surface area contributed by atoms with E-state index in [1.54, 1.807) is 6.92 Å². The van der Waals surface area contributed by atoms with E-state index in [-0.39, 0.29) is 5.92 Å². The highest BCUT2D eigenvalue weighted by atomic mass is 16.6. The second kappa shape index (κ2) is 5.27. The van der Waals surface area contributed by atoms with Gasteiger partial charge in [-0.25, -0.2) is 0 Å². The molecule has 3 N–H and O–H groups in total. The van der Waals surface area contributed by atoms with Crippen molar-refractivity contribution < 1.29 is 29.6 Å². The number of carbonyl (C=O) groups excluding carboxylic acids is 1. The van der Waals surface area contributed by atoms with Crippen molar-refractivity contribution in [2.75, 3.05) is 13.2 Å². The highest BCUT2D eigenvalue weighted by molar-refractivity contribution is 5.83. The number of aliphatic hydroxyl groups is 2. The Labute approximate surface area is 92.8 Å². The van der Waals surface area contributed by atoms with Gasteiger partial charge in [0.1, 0.15) is 6.10 Å². The predicted octanol–water partition coefficient (Wildman–Crippen LogP) is -0.760. The number of carbonyl (C=O) groups is 2. The van der Waals surface area contributed by atoms with Gasteiger partial charge in [-0.15, -0.1) is 0 Å². The summed E-state index contributed by atoms with van der Waals surface area (Å²) in [6, 6.07) is 0. The maximum Gasteiger partial charge on any atom is 0.310 e. The molecule has 92 valence electrons. The number of hydrogen-bond acceptors (Lipinski definition) is 5. The second-order valence-electron chi connectivity index (χ2n) is 4.11. The molecule has 3 atom stereocenters. The molecule has 0 aromatic heterocycles. The Balaban J connectivity index is 2.52. The molecule has 1 saturated carbocycles. The predicted molar refractivity (Wildman–Crippen MR) is 52.4 cm³/mol.